The zero-order valence-electron chi connectivity index (χ0n) is 16.7. The molecule has 0 bridgehead atoms. The first kappa shape index (κ1) is 19.4. The van der Waals surface area contributed by atoms with Crippen molar-refractivity contribution in [1.82, 2.24) is 10.3 Å². The third kappa shape index (κ3) is 2.90. The van der Waals surface area contributed by atoms with E-state index < -0.39 is 0 Å². The van der Waals surface area contributed by atoms with Gasteiger partial charge in [-0.1, -0.05) is 53.5 Å². The number of aromatic nitrogens is 1. The summed E-state index contributed by atoms with van der Waals surface area (Å²) in [6.45, 7) is 1.65. The molecule has 0 spiro atoms. The van der Waals surface area contributed by atoms with Crippen molar-refractivity contribution in [1.29, 1.82) is 0 Å². The molecule has 152 valence electrons. The zero-order valence-corrected chi connectivity index (χ0v) is 18.2. The number of benzene rings is 3. The Morgan fingerprint density at radius 2 is 1.77 bits per heavy atom. The maximum Gasteiger partial charge on any atom is 0.159 e. The molecule has 1 aliphatic rings. The lowest BCUT2D eigenvalue weighted by Crippen LogP contribution is -2.25. The number of hydrogen-bond donors (Lipinski definition) is 1. The normalized spacial score (nSPS) is 13.5. The van der Waals surface area contributed by atoms with E-state index in [0.29, 0.717) is 21.5 Å². The van der Waals surface area contributed by atoms with Crippen LogP contribution in [-0.2, 0) is 13.0 Å². The molecule has 0 unspecified atom stereocenters. The number of methoxy groups -OCH3 is 2. The Labute approximate surface area is 184 Å². The number of halogens is 2. The van der Waals surface area contributed by atoms with Gasteiger partial charge in [0.25, 0.3) is 0 Å². The summed E-state index contributed by atoms with van der Waals surface area (Å²) in [7, 11) is 3.13. The minimum absolute atomic E-state index is 0.348. The lowest BCUT2D eigenvalue weighted by atomic mass is 9.90. The summed E-state index contributed by atoms with van der Waals surface area (Å²) in [4.78, 5) is 5.08. The van der Waals surface area contributed by atoms with Crippen molar-refractivity contribution in [2.75, 3.05) is 20.8 Å². The van der Waals surface area contributed by atoms with Crippen molar-refractivity contribution in [2.45, 2.75) is 13.0 Å². The molecule has 0 amide bonds. The number of nitrogens with one attached hydrogen (secondary N) is 1. The van der Waals surface area contributed by atoms with Crippen LogP contribution in [0.1, 0.15) is 11.1 Å². The van der Waals surface area contributed by atoms with Crippen molar-refractivity contribution in [3.8, 4) is 22.8 Å². The van der Waals surface area contributed by atoms with Crippen LogP contribution in [0.5, 0.6) is 11.5 Å². The molecule has 0 fully saturated rings. The van der Waals surface area contributed by atoms with E-state index >= 15 is 0 Å². The minimum atomic E-state index is 0.348. The van der Waals surface area contributed by atoms with E-state index in [1.54, 1.807) is 7.11 Å². The fourth-order valence-electron chi connectivity index (χ4n) is 4.41. The lowest BCUT2D eigenvalue weighted by Gasteiger charge is -2.24. The summed E-state index contributed by atoms with van der Waals surface area (Å²) in [6.07, 6.45) is 0.926. The predicted molar refractivity (Wildman–Crippen MR) is 123 cm³/mol. The third-order valence-electron chi connectivity index (χ3n) is 5.74. The fourth-order valence-corrected chi connectivity index (χ4v) is 5.10. The highest BCUT2D eigenvalue weighted by Crippen LogP contribution is 2.47. The summed E-state index contributed by atoms with van der Waals surface area (Å²) < 4.78 is 11.0. The quantitative estimate of drug-likeness (QED) is 0.396. The standard InChI is InChI=1S/C24H20Cl2N2O2/c1-29-23-16(11-18(25)24(30-2)21(23)26)22-17-12-27-10-9-15(17)20-14-6-4-3-5-13(14)7-8-19(20)28-22/h3-8,11,27H,9-10,12H2,1-2H3. The van der Waals surface area contributed by atoms with Crippen LogP contribution in [-0.4, -0.2) is 25.7 Å². The lowest BCUT2D eigenvalue weighted by molar-refractivity contribution is 0.396. The Kier molecular flexibility index (Phi) is 4.94. The molecule has 0 aliphatic carbocycles. The molecule has 0 saturated carbocycles. The van der Waals surface area contributed by atoms with Gasteiger partial charge in [-0.15, -0.1) is 0 Å². The van der Waals surface area contributed by atoms with E-state index in [9.17, 15) is 0 Å². The van der Waals surface area contributed by atoms with E-state index in [4.69, 9.17) is 37.7 Å². The van der Waals surface area contributed by atoms with Gasteiger partial charge in [0.15, 0.2) is 11.5 Å². The molecule has 4 nitrogen and oxygen atoms in total. The first-order valence-corrected chi connectivity index (χ1v) is 10.5. The maximum atomic E-state index is 6.57. The van der Waals surface area contributed by atoms with Gasteiger partial charge in [-0.2, -0.15) is 0 Å². The van der Waals surface area contributed by atoms with Crippen molar-refractivity contribution in [3.05, 3.63) is 63.6 Å². The molecule has 30 heavy (non-hydrogen) atoms. The molecule has 0 atom stereocenters. The summed E-state index contributed by atoms with van der Waals surface area (Å²) >= 11 is 13.1. The minimum Gasteiger partial charge on any atom is -0.494 e. The van der Waals surface area contributed by atoms with E-state index in [1.807, 2.05) is 6.07 Å². The summed E-state index contributed by atoms with van der Waals surface area (Å²) in [5, 5.41) is 7.92. The Balaban J connectivity index is 1.89. The van der Waals surface area contributed by atoms with Crippen LogP contribution in [0.15, 0.2) is 42.5 Å². The van der Waals surface area contributed by atoms with Crippen LogP contribution in [0.3, 0.4) is 0 Å². The maximum absolute atomic E-state index is 6.57. The van der Waals surface area contributed by atoms with Gasteiger partial charge in [0.1, 0.15) is 5.02 Å². The predicted octanol–water partition coefficient (Wildman–Crippen LogP) is 6.02. The zero-order chi connectivity index (χ0) is 20.8. The molecule has 0 radical (unpaired) electrons. The van der Waals surface area contributed by atoms with E-state index in [-0.39, 0.29) is 0 Å². The van der Waals surface area contributed by atoms with Gasteiger partial charge < -0.3 is 14.8 Å². The fraction of sp³-hybridized carbons (Fsp3) is 0.208. The molecule has 2 heterocycles. The molecule has 6 heteroatoms. The smallest absolute Gasteiger partial charge is 0.159 e. The molecule has 0 saturated heterocycles. The number of ether oxygens (including phenoxy) is 2. The van der Waals surface area contributed by atoms with Gasteiger partial charge >= 0.3 is 0 Å². The molecule has 1 N–H and O–H groups in total. The summed E-state index contributed by atoms with van der Waals surface area (Å²) in [5.41, 5.74) is 5.03. The Morgan fingerprint density at radius 1 is 0.967 bits per heavy atom. The van der Waals surface area contributed by atoms with Gasteiger partial charge in [0.2, 0.25) is 0 Å². The number of nitrogens with zero attached hydrogens (tertiary/aromatic N) is 1. The van der Waals surface area contributed by atoms with Gasteiger partial charge in [0.05, 0.1) is 30.5 Å². The Hall–Kier alpha value is -2.53. The van der Waals surface area contributed by atoms with Gasteiger partial charge in [-0.25, -0.2) is 4.98 Å². The van der Waals surface area contributed by atoms with E-state index in [2.05, 4.69) is 41.7 Å². The summed E-state index contributed by atoms with van der Waals surface area (Å²) in [6, 6.07) is 14.5. The molecular weight excluding hydrogens is 419 g/mol. The van der Waals surface area contributed by atoms with Crippen molar-refractivity contribution in [2.24, 2.45) is 0 Å². The second kappa shape index (κ2) is 7.62. The van der Waals surface area contributed by atoms with E-state index in [1.165, 1.54) is 28.8 Å². The van der Waals surface area contributed by atoms with Crippen LogP contribution in [0, 0.1) is 0 Å². The largest absolute Gasteiger partial charge is 0.494 e. The van der Waals surface area contributed by atoms with Gasteiger partial charge in [-0.05, 0) is 47.0 Å². The molecule has 1 aliphatic heterocycles. The highest BCUT2D eigenvalue weighted by Gasteiger charge is 2.25. The highest BCUT2D eigenvalue weighted by molar-refractivity contribution is 6.38. The number of rotatable bonds is 3. The van der Waals surface area contributed by atoms with E-state index in [0.717, 1.165) is 41.8 Å². The first-order chi connectivity index (χ1) is 14.6. The average Bonchev–Trinajstić information content (AvgIpc) is 2.78. The van der Waals surface area contributed by atoms with Crippen LogP contribution in [0.4, 0.5) is 0 Å². The topological polar surface area (TPSA) is 43.4 Å². The molecule has 1 aromatic heterocycles. The van der Waals surface area contributed by atoms with Gasteiger partial charge in [-0.3, -0.25) is 0 Å². The third-order valence-corrected chi connectivity index (χ3v) is 6.36. The number of pyridine rings is 1. The Morgan fingerprint density at radius 3 is 2.57 bits per heavy atom. The van der Waals surface area contributed by atoms with Crippen LogP contribution in [0.2, 0.25) is 10.0 Å². The summed E-state index contributed by atoms with van der Waals surface area (Å²) in [5.74, 6) is 0.913. The van der Waals surface area contributed by atoms with Crippen LogP contribution in [0.25, 0.3) is 32.9 Å². The second-order valence-electron chi connectivity index (χ2n) is 7.31. The monoisotopic (exact) mass is 438 g/mol. The van der Waals surface area contributed by atoms with Crippen molar-refractivity contribution < 1.29 is 9.47 Å². The average molecular weight is 439 g/mol. The second-order valence-corrected chi connectivity index (χ2v) is 8.10. The molecule has 4 aromatic rings. The SMILES string of the molecule is COc1c(Cl)cc(-c2nc3ccc4ccccc4c3c3c2CNCC3)c(OC)c1Cl. The van der Waals surface area contributed by atoms with Crippen molar-refractivity contribution in [3.63, 3.8) is 0 Å². The van der Waals surface area contributed by atoms with Gasteiger partial charge in [0, 0.05) is 17.5 Å². The number of fused-ring (bicyclic) bond motifs is 5. The first-order valence-electron chi connectivity index (χ1n) is 9.78. The molecule has 5 rings (SSSR count). The number of hydrogen-bond acceptors (Lipinski definition) is 4. The van der Waals surface area contributed by atoms with Crippen LogP contribution < -0.4 is 14.8 Å². The Bertz CT molecular complexity index is 1300. The van der Waals surface area contributed by atoms with Crippen molar-refractivity contribution >= 4 is 44.9 Å². The molecular formula is C24H20Cl2N2O2. The van der Waals surface area contributed by atoms with Crippen LogP contribution >= 0.6 is 23.2 Å². The highest BCUT2D eigenvalue weighted by atomic mass is 35.5. The molecule has 3 aromatic carbocycles.